The summed E-state index contributed by atoms with van der Waals surface area (Å²) in [6.07, 6.45) is 0. The summed E-state index contributed by atoms with van der Waals surface area (Å²) >= 11 is 7.67. The third-order valence-electron chi connectivity index (χ3n) is 5.55. The van der Waals surface area contributed by atoms with Crippen molar-refractivity contribution in [2.45, 2.75) is 20.1 Å². The highest BCUT2D eigenvalue weighted by atomic mass is 35.5. The first-order chi connectivity index (χ1) is 15.5. The summed E-state index contributed by atoms with van der Waals surface area (Å²) in [4.78, 5) is 18.0. The number of carbonyl (C=O) groups excluding carboxylic acids is 1. The average molecular weight is 471 g/mol. The van der Waals surface area contributed by atoms with E-state index >= 15 is 0 Å². The Labute approximate surface area is 198 Å². The molecule has 3 aromatic rings. The van der Waals surface area contributed by atoms with Crippen molar-refractivity contribution in [3.05, 3.63) is 80.5 Å². The highest BCUT2D eigenvalue weighted by Crippen LogP contribution is 2.27. The van der Waals surface area contributed by atoms with Crippen molar-refractivity contribution in [2.24, 2.45) is 0 Å². The first kappa shape index (κ1) is 22.6. The number of carbonyl (C=O) groups is 1. The zero-order valence-electron chi connectivity index (χ0n) is 18.3. The molecule has 4 rings (SSSR count). The second-order valence-electron chi connectivity index (χ2n) is 7.96. The number of ether oxygens (including phenoxy) is 2. The van der Waals surface area contributed by atoms with Crippen LogP contribution in [0.2, 0.25) is 5.02 Å². The summed E-state index contributed by atoms with van der Waals surface area (Å²) in [6, 6.07) is 15.8. The molecule has 0 atom stereocenters. The molecule has 2 aromatic carbocycles. The van der Waals surface area contributed by atoms with Crippen molar-refractivity contribution < 1.29 is 14.3 Å². The fourth-order valence-electron chi connectivity index (χ4n) is 3.74. The van der Waals surface area contributed by atoms with Crippen molar-refractivity contribution in [3.63, 3.8) is 0 Å². The largest absolute Gasteiger partial charge is 0.497 e. The van der Waals surface area contributed by atoms with Crippen LogP contribution in [-0.2, 0) is 13.2 Å². The second kappa shape index (κ2) is 10.4. The van der Waals surface area contributed by atoms with E-state index in [4.69, 9.17) is 21.1 Å². The summed E-state index contributed by atoms with van der Waals surface area (Å²) < 4.78 is 11.2. The third kappa shape index (κ3) is 5.63. The maximum Gasteiger partial charge on any atom is 0.264 e. The Balaban J connectivity index is 1.29. The quantitative estimate of drug-likeness (QED) is 0.472. The van der Waals surface area contributed by atoms with Crippen molar-refractivity contribution >= 4 is 28.8 Å². The van der Waals surface area contributed by atoms with Gasteiger partial charge in [0.15, 0.2) is 0 Å². The van der Waals surface area contributed by atoms with Gasteiger partial charge >= 0.3 is 0 Å². The molecular formula is C25H27ClN2O3S. The highest BCUT2D eigenvalue weighted by molar-refractivity contribution is 7.12. The van der Waals surface area contributed by atoms with Crippen LogP contribution >= 0.6 is 22.9 Å². The van der Waals surface area contributed by atoms with E-state index in [2.05, 4.69) is 17.0 Å². The Hall–Kier alpha value is -2.54. The summed E-state index contributed by atoms with van der Waals surface area (Å²) in [5.74, 6) is 1.63. The molecule has 1 amide bonds. The molecule has 1 aliphatic rings. The van der Waals surface area contributed by atoms with Crippen LogP contribution in [-0.4, -0.2) is 49.0 Å². The van der Waals surface area contributed by atoms with Crippen molar-refractivity contribution in [1.82, 2.24) is 9.80 Å². The van der Waals surface area contributed by atoms with Gasteiger partial charge in [-0.2, -0.15) is 0 Å². The van der Waals surface area contributed by atoms with Gasteiger partial charge in [0.05, 0.1) is 17.0 Å². The van der Waals surface area contributed by atoms with E-state index in [1.54, 1.807) is 7.11 Å². The average Bonchev–Trinajstić information content (AvgIpc) is 3.29. The zero-order chi connectivity index (χ0) is 22.5. The number of piperazine rings is 1. The molecule has 1 aromatic heterocycles. The molecule has 0 unspecified atom stereocenters. The van der Waals surface area contributed by atoms with E-state index in [1.807, 2.05) is 53.6 Å². The second-order valence-corrected chi connectivity index (χ2v) is 9.28. The maximum atomic E-state index is 13.0. The van der Waals surface area contributed by atoms with Gasteiger partial charge in [-0.1, -0.05) is 29.8 Å². The number of aryl methyl sites for hydroxylation is 1. The molecule has 32 heavy (non-hydrogen) atoms. The minimum atomic E-state index is 0.0934. The number of benzene rings is 2. The molecule has 0 spiro atoms. The monoisotopic (exact) mass is 470 g/mol. The SMILES string of the molecule is COc1cccc(CN2CCN(C(=O)c3cc(COc4cc(C)ccc4Cl)cs3)CC2)c1. The number of halogens is 1. The smallest absolute Gasteiger partial charge is 0.264 e. The van der Waals surface area contributed by atoms with Gasteiger partial charge in [0, 0.05) is 38.3 Å². The lowest BCUT2D eigenvalue weighted by molar-refractivity contribution is 0.0633. The van der Waals surface area contributed by atoms with Gasteiger partial charge in [-0.3, -0.25) is 9.69 Å². The van der Waals surface area contributed by atoms with Gasteiger partial charge in [0.2, 0.25) is 0 Å². The molecule has 0 bridgehead atoms. The molecule has 5 nitrogen and oxygen atoms in total. The molecule has 7 heteroatoms. The number of nitrogens with zero attached hydrogens (tertiary/aromatic N) is 2. The molecule has 0 N–H and O–H groups in total. The topological polar surface area (TPSA) is 42.0 Å². The highest BCUT2D eigenvalue weighted by Gasteiger charge is 2.23. The van der Waals surface area contributed by atoms with E-state index in [0.717, 1.165) is 54.5 Å². The van der Waals surface area contributed by atoms with E-state index in [9.17, 15) is 4.79 Å². The molecule has 1 aliphatic heterocycles. The van der Waals surface area contributed by atoms with Crippen LogP contribution in [0.4, 0.5) is 0 Å². The number of hydrogen-bond acceptors (Lipinski definition) is 5. The van der Waals surface area contributed by atoms with Gasteiger partial charge in [0.25, 0.3) is 5.91 Å². The standard InChI is InChI=1S/C25H27ClN2O3S/c1-18-6-7-22(26)23(12-18)31-16-20-14-24(32-17-20)25(29)28-10-8-27(9-11-28)15-19-4-3-5-21(13-19)30-2/h3-7,12-14,17H,8-11,15-16H2,1-2H3. The Kier molecular flexibility index (Phi) is 7.35. The van der Waals surface area contributed by atoms with Crippen LogP contribution in [0.15, 0.2) is 53.9 Å². The van der Waals surface area contributed by atoms with E-state index in [0.29, 0.717) is 17.4 Å². The first-order valence-corrected chi connectivity index (χ1v) is 11.9. The van der Waals surface area contributed by atoms with Crippen LogP contribution < -0.4 is 9.47 Å². The van der Waals surface area contributed by atoms with Gasteiger partial charge in [0.1, 0.15) is 18.1 Å². The lowest BCUT2D eigenvalue weighted by atomic mass is 10.2. The first-order valence-electron chi connectivity index (χ1n) is 10.6. The number of thiophene rings is 1. The van der Waals surface area contributed by atoms with E-state index < -0.39 is 0 Å². The molecule has 1 fully saturated rings. The Morgan fingerprint density at radius 2 is 1.88 bits per heavy atom. The van der Waals surface area contributed by atoms with Crippen molar-refractivity contribution in [2.75, 3.05) is 33.3 Å². The van der Waals surface area contributed by atoms with Crippen molar-refractivity contribution in [1.29, 1.82) is 0 Å². The number of hydrogen-bond donors (Lipinski definition) is 0. The van der Waals surface area contributed by atoms with E-state index in [-0.39, 0.29) is 5.91 Å². The number of methoxy groups -OCH3 is 1. The number of amides is 1. The summed E-state index contributed by atoms with van der Waals surface area (Å²) in [7, 11) is 1.68. The van der Waals surface area contributed by atoms with Crippen LogP contribution in [0.25, 0.3) is 0 Å². The van der Waals surface area contributed by atoms with Gasteiger partial charge < -0.3 is 14.4 Å². The molecule has 0 aliphatic carbocycles. The predicted octanol–water partition coefficient (Wildman–Crippen LogP) is 5.26. The lowest BCUT2D eigenvalue weighted by Crippen LogP contribution is -2.48. The van der Waals surface area contributed by atoms with Gasteiger partial charge in [-0.25, -0.2) is 0 Å². The summed E-state index contributed by atoms with van der Waals surface area (Å²) in [5, 5.41) is 2.57. The Bertz CT molecular complexity index is 1080. The van der Waals surface area contributed by atoms with Crippen LogP contribution in [0, 0.1) is 6.92 Å². The van der Waals surface area contributed by atoms with Gasteiger partial charge in [-0.15, -0.1) is 11.3 Å². The van der Waals surface area contributed by atoms with Crippen LogP contribution in [0.5, 0.6) is 11.5 Å². The molecule has 0 saturated carbocycles. The van der Waals surface area contributed by atoms with Gasteiger partial charge in [-0.05, 0) is 53.8 Å². The van der Waals surface area contributed by atoms with E-state index in [1.165, 1.54) is 16.9 Å². The Morgan fingerprint density at radius 1 is 1.06 bits per heavy atom. The normalized spacial score (nSPS) is 14.4. The van der Waals surface area contributed by atoms with Crippen molar-refractivity contribution in [3.8, 4) is 11.5 Å². The minimum Gasteiger partial charge on any atom is -0.497 e. The molecular weight excluding hydrogens is 444 g/mol. The zero-order valence-corrected chi connectivity index (χ0v) is 19.9. The summed E-state index contributed by atoms with van der Waals surface area (Å²) in [6.45, 7) is 6.42. The molecule has 2 heterocycles. The third-order valence-corrected chi connectivity index (χ3v) is 6.82. The lowest BCUT2D eigenvalue weighted by Gasteiger charge is -2.34. The minimum absolute atomic E-state index is 0.0934. The fourth-order valence-corrected chi connectivity index (χ4v) is 4.78. The predicted molar refractivity (Wildman–Crippen MR) is 129 cm³/mol. The Morgan fingerprint density at radius 3 is 2.66 bits per heavy atom. The molecule has 0 radical (unpaired) electrons. The van der Waals surface area contributed by atoms with Crippen LogP contribution in [0.3, 0.4) is 0 Å². The molecule has 1 saturated heterocycles. The maximum absolute atomic E-state index is 13.0. The molecule has 168 valence electrons. The number of rotatable bonds is 7. The summed E-state index contributed by atoms with van der Waals surface area (Å²) in [5.41, 5.74) is 3.30. The fraction of sp³-hybridized carbons (Fsp3) is 0.320. The van der Waals surface area contributed by atoms with Crippen LogP contribution in [0.1, 0.15) is 26.4 Å².